The van der Waals surface area contributed by atoms with Crippen molar-refractivity contribution >= 4 is 29.2 Å². The number of esters is 1. The molecule has 0 unspecified atom stereocenters. The topological polar surface area (TPSA) is 64.6 Å². The zero-order valence-corrected chi connectivity index (χ0v) is 14.4. The Kier molecular flexibility index (Phi) is 5.82. The van der Waals surface area contributed by atoms with Crippen molar-refractivity contribution in [1.29, 1.82) is 0 Å². The minimum atomic E-state index is -0.753. The number of anilines is 1. The molecule has 2 aromatic rings. The van der Waals surface area contributed by atoms with Crippen LogP contribution in [0.1, 0.15) is 22.8 Å². The highest BCUT2D eigenvalue weighted by Gasteiger charge is 2.18. The average molecular weight is 348 g/mol. The third-order valence-electron chi connectivity index (χ3n) is 3.40. The third kappa shape index (κ3) is 4.26. The van der Waals surface area contributed by atoms with Gasteiger partial charge in [-0.3, -0.25) is 4.79 Å². The molecule has 0 saturated heterocycles. The Bertz CT molecular complexity index is 760. The van der Waals surface area contributed by atoms with Crippen LogP contribution in [0.5, 0.6) is 5.75 Å². The molecule has 5 nitrogen and oxygen atoms in total. The van der Waals surface area contributed by atoms with Crippen molar-refractivity contribution in [1.82, 2.24) is 0 Å². The van der Waals surface area contributed by atoms with Gasteiger partial charge in [0.25, 0.3) is 5.91 Å². The van der Waals surface area contributed by atoms with Gasteiger partial charge >= 0.3 is 5.97 Å². The van der Waals surface area contributed by atoms with E-state index in [4.69, 9.17) is 21.1 Å². The van der Waals surface area contributed by atoms with E-state index in [1.807, 2.05) is 6.92 Å². The van der Waals surface area contributed by atoms with Crippen LogP contribution in [0.2, 0.25) is 5.02 Å². The fourth-order valence-corrected chi connectivity index (χ4v) is 2.18. The molecule has 0 heterocycles. The van der Waals surface area contributed by atoms with Crippen molar-refractivity contribution in [3.8, 4) is 5.75 Å². The predicted octanol–water partition coefficient (Wildman–Crippen LogP) is 3.84. The number of nitrogens with one attached hydrogen (secondary N) is 1. The molecule has 0 fully saturated rings. The summed E-state index contributed by atoms with van der Waals surface area (Å²) in [5.74, 6) is -0.354. The van der Waals surface area contributed by atoms with E-state index in [0.717, 1.165) is 5.56 Å². The Morgan fingerprint density at radius 3 is 2.54 bits per heavy atom. The Labute approximate surface area is 145 Å². The van der Waals surface area contributed by atoms with Gasteiger partial charge in [0, 0.05) is 5.02 Å². The lowest BCUT2D eigenvalue weighted by molar-refractivity contribution is -0.122. The van der Waals surface area contributed by atoms with Gasteiger partial charge in [0.2, 0.25) is 0 Å². The van der Waals surface area contributed by atoms with Gasteiger partial charge < -0.3 is 14.8 Å². The zero-order valence-electron chi connectivity index (χ0n) is 13.6. The maximum atomic E-state index is 12.3. The first-order valence-corrected chi connectivity index (χ1v) is 7.71. The van der Waals surface area contributed by atoms with Gasteiger partial charge in [-0.1, -0.05) is 23.7 Å². The average Bonchev–Trinajstić information content (AvgIpc) is 2.58. The van der Waals surface area contributed by atoms with E-state index in [0.29, 0.717) is 16.5 Å². The van der Waals surface area contributed by atoms with E-state index in [-0.39, 0.29) is 11.5 Å². The highest BCUT2D eigenvalue weighted by molar-refractivity contribution is 6.31. The van der Waals surface area contributed by atoms with E-state index in [1.54, 1.807) is 49.4 Å². The van der Waals surface area contributed by atoms with Gasteiger partial charge in [0.05, 0.1) is 18.4 Å². The Morgan fingerprint density at radius 2 is 1.88 bits per heavy atom. The van der Waals surface area contributed by atoms with E-state index in [2.05, 4.69) is 5.32 Å². The third-order valence-corrected chi connectivity index (χ3v) is 3.83. The predicted molar refractivity (Wildman–Crippen MR) is 92.7 cm³/mol. The fourth-order valence-electron chi connectivity index (χ4n) is 2.06. The van der Waals surface area contributed by atoms with Crippen molar-refractivity contribution in [2.45, 2.75) is 20.0 Å². The van der Waals surface area contributed by atoms with Crippen LogP contribution in [-0.2, 0) is 9.53 Å². The smallest absolute Gasteiger partial charge is 0.339 e. The Balaban J connectivity index is 2.09. The van der Waals surface area contributed by atoms with Gasteiger partial charge in [-0.15, -0.1) is 0 Å². The van der Waals surface area contributed by atoms with Gasteiger partial charge in [-0.05, 0) is 49.7 Å². The summed E-state index contributed by atoms with van der Waals surface area (Å²) in [6.07, 6.45) is -0.753. The molecule has 1 atom stereocenters. The number of para-hydroxylation sites is 1. The van der Waals surface area contributed by atoms with Crippen LogP contribution in [0, 0.1) is 6.92 Å². The number of rotatable bonds is 5. The quantitative estimate of drug-likeness (QED) is 0.834. The number of ether oxygens (including phenoxy) is 2. The van der Waals surface area contributed by atoms with Crippen LogP contribution in [0.3, 0.4) is 0 Å². The minimum absolute atomic E-state index is 0.280. The maximum absolute atomic E-state index is 12.3. The number of hydrogen-bond acceptors (Lipinski definition) is 4. The number of aryl methyl sites for hydroxylation is 1. The van der Waals surface area contributed by atoms with Gasteiger partial charge in [-0.2, -0.15) is 0 Å². The molecule has 0 aliphatic carbocycles. The summed E-state index contributed by atoms with van der Waals surface area (Å²) in [6.45, 7) is 3.48. The van der Waals surface area contributed by atoms with Crippen LogP contribution < -0.4 is 10.1 Å². The number of carbonyl (C=O) groups excluding carboxylic acids is 2. The largest absolute Gasteiger partial charge is 0.481 e. The van der Waals surface area contributed by atoms with Crippen LogP contribution in [0.4, 0.5) is 5.69 Å². The lowest BCUT2D eigenvalue weighted by Gasteiger charge is -2.16. The molecule has 0 aliphatic rings. The van der Waals surface area contributed by atoms with Crippen LogP contribution >= 0.6 is 11.6 Å². The van der Waals surface area contributed by atoms with Crippen LogP contribution in [0.25, 0.3) is 0 Å². The first-order chi connectivity index (χ1) is 11.4. The molecule has 0 saturated carbocycles. The van der Waals surface area contributed by atoms with E-state index in [9.17, 15) is 9.59 Å². The molecule has 2 rings (SSSR count). The number of halogens is 1. The van der Waals surface area contributed by atoms with Crippen LogP contribution in [0.15, 0.2) is 42.5 Å². The second-order valence-corrected chi connectivity index (χ2v) is 5.60. The second-order valence-electron chi connectivity index (χ2n) is 5.20. The van der Waals surface area contributed by atoms with E-state index < -0.39 is 12.1 Å². The molecule has 0 radical (unpaired) electrons. The Morgan fingerprint density at radius 1 is 1.17 bits per heavy atom. The normalized spacial score (nSPS) is 11.5. The molecule has 24 heavy (non-hydrogen) atoms. The number of amides is 1. The molecule has 0 aromatic heterocycles. The highest BCUT2D eigenvalue weighted by atomic mass is 35.5. The summed E-state index contributed by atoms with van der Waals surface area (Å²) >= 11 is 5.97. The number of carbonyl (C=O) groups is 2. The lowest BCUT2D eigenvalue weighted by atomic mass is 10.1. The number of hydrogen-bond donors (Lipinski definition) is 1. The summed E-state index contributed by atoms with van der Waals surface area (Å²) in [7, 11) is 1.29. The zero-order chi connectivity index (χ0) is 17.7. The summed E-state index contributed by atoms with van der Waals surface area (Å²) in [5.41, 5.74) is 1.51. The van der Waals surface area contributed by atoms with E-state index >= 15 is 0 Å². The van der Waals surface area contributed by atoms with Gasteiger partial charge in [0.15, 0.2) is 6.10 Å². The summed E-state index contributed by atoms with van der Waals surface area (Å²) in [6, 6.07) is 11.8. The van der Waals surface area contributed by atoms with E-state index in [1.165, 1.54) is 7.11 Å². The monoisotopic (exact) mass is 347 g/mol. The molecule has 0 bridgehead atoms. The highest BCUT2D eigenvalue weighted by Crippen LogP contribution is 2.22. The molecule has 0 spiro atoms. The summed E-state index contributed by atoms with van der Waals surface area (Å²) < 4.78 is 10.3. The lowest BCUT2D eigenvalue weighted by Crippen LogP contribution is -2.30. The summed E-state index contributed by atoms with van der Waals surface area (Å²) in [5, 5.41) is 3.31. The maximum Gasteiger partial charge on any atom is 0.339 e. The molecule has 2 aromatic carbocycles. The molecule has 126 valence electrons. The van der Waals surface area contributed by atoms with Gasteiger partial charge in [-0.25, -0.2) is 4.79 Å². The SMILES string of the molecule is COC(=O)c1ccccc1NC(=O)[C@H](C)Oc1ccc(Cl)c(C)c1. The first-order valence-electron chi connectivity index (χ1n) is 7.33. The minimum Gasteiger partial charge on any atom is -0.481 e. The van der Waals surface area contributed by atoms with Crippen molar-refractivity contribution in [2.75, 3.05) is 12.4 Å². The molecular weight excluding hydrogens is 330 g/mol. The second kappa shape index (κ2) is 7.84. The number of benzene rings is 2. The summed E-state index contributed by atoms with van der Waals surface area (Å²) in [4.78, 5) is 24.0. The standard InChI is InChI=1S/C18H18ClNO4/c1-11-10-13(8-9-15(11)19)24-12(2)17(21)20-16-7-5-4-6-14(16)18(22)23-3/h4-10,12H,1-3H3,(H,20,21)/t12-/m0/s1. The molecule has 1 N–H and O–H groups in total. The number of methoxy groups -OCH3 is 1. The Hall–Kier alpha value is -2.53. The first kappa shape index (κ1) is 17.8. The molecule has 6 heteroatoms. The molecule has 1 amide bonds. The van der Waals surface area contributed by atoms with Crippen molar-refractivity contribution < 1.29 is 19.1 Å². The van der Waals surface area contributed by atoms with Gasteiger partial charge in [0.1, 0.15) is 5.75 Å². The fraction of sp³-hybridized carbons (Fsp3) is 0.222. The molecule has 0 aliphatic heterocycles. The van der Waals surface area contributed by atoms with Crippen molar-refractivity contribution in [2.24, 2.45) is 0 Å². The van der Waals surface area contributed by atoms with Crippen LogP contribution in [-0.4, -0.2) is 25.1 Å². The van der Waals surface area contributed by atoms with Crippen molar-refractivity contribution in [3.63, 3.8) is 0 Å². The van der Waals surface area contributed by atoms with Crippen molar-refractivity contribution in [3.05, 3.63) is 58.6 Å². The molecular formula is C18H18ClNO4.